The van der Waals surface area contributed by atoms with E-state index in [9.17, 15) is 9.59 Å². The molecule has 0 aliphatic heterocycles. The number of ether oxygens (including phenoxy) is 2. The van der Waals surface area contributed by atoms with E-state index in [1.165, 1.54) is 14.2 Å². The summed E-state index contributed by atoms with van der Waals surface area (Å²) in [5, 5.41) is 0.530. The van der Waals surface area contributed by atoms with E-state index in [0.717, 1.165) is 0 Å². The molecule has 0 unspecified atom stereocenters. The molecular weight excluding hydrogens is 236 g/mol. The summed E-state index contributed by atoms with van der Waals surface area (Å²) in [7, 11) is 2.56. The second-order valence-corrected chi connectivity index (χ2v) is 3.62. The molecule has 0 fully saturated rings. The number of fused-ring (bicyclic) bond motifs is 1. The molecule has 1 aromatic carbocycles. The number of nitrogens with one attached hydrogen (secondary N) is 1. The van der Waals surface area contributed by atoms with Gasteiger partial charge < -0.3 is 20.2 Å². The number of rotatable bonds is 2. The van der Waals surface area contributed by atoms with Crippen molar-refractivity contribution >= 4 is 28.7 Å². The number of anilines is 1. The van der Waals surface area contributed by atoms with Gasteiger partial charge in [0, 0.05) is 5.39 Å². The summed E-state index contributed by atoms with van der Waals surface area (Å²) in [6.07, 6.45) is 0. The maximum absolute atomic E-state index is 11.6. The van der Waals surface area contributed by atoms with Crippen molar-refractivity contribution in [3.05, 3.63) is 29.3 Å². The van der Waals surface area contributed by atoms with E-state index in [1.54, 1.807) is 18.2 Å². The van der Waals surface area contributed by atoms with Crippen LogP contribution in [-0.2, 0) is 9.47 Å². The highest BCUT2D eigenvalue weighted by Crippen LogP contribution is 2.27. The molecule has 0 amide bonds. The molecule has 2 aromatic rings. The average molecular weight is 248 g/mol. The third-order valence-corrected chi connectivity index (χ3v) is 2.66. The molecule has 0 atom stereocenters. The fourth-order valence-corrected chi connectivity index (χ4v) is 1.84. The minimum Gasteiger partial charge on any atom is -0.465 e. The van der Waals surface area contributed by atoms with Gasteiger partial charge in [0.2, 0.25) is 0 Å². The average Bonchev–Trinajstić information content (AvgIpc) is 2.72. The van der Waals surface area contributed by atoms with E-state index in [2.05, 4.69) is 14.5 Å². The van der Waals surface area contributed by atoms with Crippen LogP contribution in [0.25, 0.3) is 10.9 Å². The van der Waals surface area contributed by atoms with Crippen LogP contribution >= 0.6 is 0 Å². The highest BCUT2D eigenvalue weighted by molar-refractivity contribution is 6.13. The summed E-state index contributed by atoms with van der Waals surface area (Å²) in [4.78, 5) is 26.0. The molecule has 2 rings (SSSR count). The van der Waals surface area contributed by atoms with Gasteiger partial charge in [-0.25, -0.2) is 9.59 Å². The molecule has 0 aliphatic rings. The highest BCUT2D eigenvalue weighted by Gasteiger charge is 2.21. The van der Waals surface area contributed by atoms with Crippen molar-refractivity contribution in [3.63, 3.8) is 0 Å². The van der Waals surface area contributed by atoms with Crippen molar-refractivity contribution < 1.29 is 19.1 Å². The monoisotopic (exact) mass is 248 g/mol. The van der Waals surface area contributed by atoms with Crippen LogP contribution in [0, 0.1) is 0 Å². The first kappa shape index (κ1) is 12.0. The molecule has 1 aromatic heterocycles. The van der Waals surface area contributed by atoms with E-state index in [4.69, 9.17) is 5.73 Å². The van der Waals surface area contributed by atoms with Crippen LogP contribution in [0.1, 0.15) is 20.7 Å². The van der Waals surface area contributed by atoms with Crippen molar-refractivity contribution in [1.29, 1.82) is 0 Å². The minimum absolute atomic E-state index is 0.160. The van der Waals surface area contributed by atoms with E-state index in [0.29, 0.717) is 16.5 Å². The summed E-state index contributed by atoms with van der Waals surface area (Å²) in [6.45, 7) is 0. The van der Waals surface area contributed by atoms with E-state index in [1.807, 2.05) is 0 Å². The number of nitrogens with two attached hydrogens (primary N) is 1. The van der Waals surface area contributed by atoms with Gasteiger partial charge in [0.05, 0.1) is 25.3 Å². The molecule has 0 radical (unpaired) electrons. The van der Waals surface area contributed by atoms with Crippen molar-refractivity contribution in [2.45, 2.75) is 0 Å². The van der Waals surface area contributed by atoms with E-state index >= 15 is 0 Å². The first-order chi connectivity index (χ1) is 8.60. The molecule has 6 heteroatoms. The summed E-state index contributed by atoms with van der Waals surface area (Å²) in [6, 6.07) is 4.92. The topological polar surface area (TPSA) is 94.4 Å². The van der Waals surface area contributed by atoms with Gasteiger partial charge in [-0.2, -0.15) is 0 Å². The Bertz CT molecular complexity index is 630. The minimum atomic E-state index is -0.555. The van der Waals surface area contributed by atoms with Crippen LogP contribution in [0.4, 0.5) is 5.82 Å². The predicted octanol–water partition coefficient (Wildman–Crippen LogP) is 1.32. The number of para-hydroxylation sites is 1. The van der Waals surface area contributed by atoms with Gasteiger partial charge in [-0.3, -0.25) is 0 Å². The number of methoxy groups -OCH3 is 2. The SMILES string of the molecule is COC(=O)c1c(N)[nH]c2c(C(=O)OC)cccc12. The van der Waals surface area contributed by atoms with Gasteiger partial charge in [0.25, 0.3) is 0 Å². The van der Waals surface area contributed by atoms with Gasteiger partial charge in [-0.05, 0) is 6.07 Å². The third kappa shape index (κ3) is 1.67. The number of carbonyl (C=O) groups excluding carboxylic acids is 2. The summed E-state index contributed by atoms with van der Waals surface area (Å²) >= 11 is 0. The molecule has 1 heterocycles. The number of nitrogen functional groups attached to an aromatic ring is 1. The number of aromatic amines is 1. The molecule has 0 saturated heterocycles. The molecule has 0 aliphatic carbocycles. The molecule has 0 bridgehead atoms. The molecule has 94 valence electrons. The lowest BCUT2D eigenvalue weighted by molar-refractivity contribution is 0.0593. The van der Waals surface area contributed by atoms with Crippen molar-refractivity contribution in [2.24, 2.45) is 0 Å². The molecule has 18 heavy (non-hydrogen) atoms. The molecule has 6 nitrogen and oxygen atoms in total. The lowest BCUT2D eigenvalue weighted by Crippen LogP contribution is -2.04. The second kappa shape index (κ2) is 4.40. The Morgan fingerprint density at radius 1 is 1.17 bits per heavy atom. The number of carbonyl (C=O) groups is 2. The quantitative estimate of drug-likeness (QED) is 0.781. The standard InChI is InChI=1S/C12H12N2O4/c1-17-11(15)7-5-3-4-6-8(12(16)18-2)10(13)14-9(6)7/h3-5,14H,13H2,1-2H3. The van der Waals surface area contributed by atoms with Crippen LogP contribution in [0.15, 0.2) is 18.2 Å². The molecular formula is C12H12N2O4. The Morgan fingerprint density at radius 2 is 1.83 bits per heavy atom. The lowest BCUT2D eigenvalue weighted by atomic mass is 10.1. The van der Waals surface area contributed by atoms with Gasteiger partial charge >= 0.3 is 11.9 Å². The van der Waals surface area contributed by atoms with Crippen LogP contribution in [-0.4, -0.2) is 31.1 Å². The Morgan fingerprint density at radius 3 is 2.44 bits per heavy atom. The first-order valence-electron chi connectivity index (χ1n) is 5.17. The lowest BCUT2D eigenvalue weighted by Gasteiger charge is -2.01. The van der Waals surface area contributed by atoms with Gasteiger partial charge in [-0.15, -0.1) is 0 Å². The van der Waals surface area contributed by atoms with Gasteiger partial charge in [0.1, 0.15) is 11.4 Å². The zero-order valence-electron chi connectivity index (χ0n) is 9.94. The van der Waals surface area contributed by atoms with E-state index < -0.39 is 11.9 Å². The number of aromatic nitrogens is 1. The Kier molecular flexibility index (Phi) is 2.93. The van der Waals surface area contributed by atoms with Crippen LogP contribution in [0.5, 0.6) is 0 Å². The van der Waals surface area contributed by atoms with Gasteiger partial charge in [0.15, 0.2) is 0 Å². The number of benzene rings is 1. The molecule has 3 N–H and O–H groups in total. The number of esters is 2. The van der Waals surface area contributed by atoms with Gasteiger partial charge in [-0.1, -0.05) is 12.1 Å². The zero-order valence-corrected chi connectivity index (χ0v) is 9.94. The Hall–Kier alpha value is -2.50. The largest absolute Gasteiger partial charge is 0.465 e. The molecule has 0 saturated carbocycles. The molecule has 0 spiro atoms. The van der Waals surface area contributed by atoms with Crippen LogP contribution in [0.3, 0.4) is 0 Å². The maximum atomic E-state index is 11.6. The zero-order chi connectivity index (χ0) is 13.3. The maximum Gasteiger partial charge on any atom is 0.342 e. The number of hydrogen-bond donors (Lipinski definition) is 2. The summed E-state index contributed by atoms with van der Waals surface area (Å²) in [5.41, 5.74) is 6.73. The third-order valence-electron chi connectivity index (χ3n) is 2.66. The van der Waals surface area contributed by atoms with Crippen molar-refractivity contribution in [2.75, 3.05) is 20.0 Å². The number of hydrogen-bond acceptors (Lipinski definition) is 5. The fourth-order valence-electron chi connectivity index (χ4n) is 1.84. The van der Waals surface area contributed by atoms with E-state index in [-0.39, 0.29) is 11.4 Å². The second-order valence-electron chi connectivity index (χ2n) is 3.62. The summed E-state index contributed by atoms with van der Waals surface area (Å²) in [5.74, 6) is -0.896. The highest BCUT2D eigenvalue weighted by atomic mass is 16.5. The normalized spacial score (nSPS) is 10.3. The Labute approximate surface area is 103 Å². The summed E-state index contributed by atoms with van der Waals surface area (Å²) < 4.78 is 9.32. The number of H-pyrrole nitrogens is 1. The predicted molar refractivity (Wildman–Crippen MR) is 65.4 cm³/mol. The van der Waals surface area contributed by atoms with Crippen molar-refractivity contribution in [3.8, 4) is 0 Å². The first-order valence-corrected chi connectivity index (χ1v) is 5.17. The van der Waals surface area contributed by atoms with Crippen LogP contribution in [0.2, 0.25) is 0 Å². The Balaban J connectivity index is 2.74. The smallest absolute Gasteiger partial charge is 0.342 e. The fraction of sp³-hybridized carbons (Fsp3) is 0.167. The van der Waals surface area contributed by atoms with Crippen LogP contribution < -0.4 is 5.73 Å². The van der Waals surface area contributed by atoms with Crippen molar-refractivity contribution in [1.82, 2.24) is 4.98 Å².